The highest BCUT2D eigenvalue weighted by Gasteiger charge is 2.19. The lowest BCUT2D eigenvalue weighted by Crippen LogP contribution is -2.47. The van der Waals surface area contributed by atoms with Crippen molar-refractivity contribution in [3.05, 3.63) is 47.4 Å². The third-order valence-corrected chi connectivity index (χ3v) is 4.21. The van der Waals surface area contributed by atoms with E-state index in [1.165, 1.54) is 6.26 Å². The number of anilines is 2. The van der Waals surface area contributed by atoms with E-state index in [1.807, 2.05) is 4.90 Å². The number of aliphatic hydroxyl groups is 1. The van der Waals surface area contributed by atoms with Gasteiger partial charge < -0.3 is 30.4 Å². The van der Waals surface area contributed by atoms with Crippen LogP contribution in [0.2, 0.25) is 5.02 Å². The Bertz CT molecular complexity index is 781. The molecule has 9 heteroatoms. The van der Waals surface area contributed by atoms with Crippen LogP contribution in [0.3, 0.4) is 0 Å². The van der Waals surface area contributed by atoms with E-state index in [0.29, 0.717) is 29.6 Å². The number of aliphatic hydroxyl groups excluding tert-OH is 1. The van der Waals surface area contributed by atoms with Gasteiger partial charge in [-0.1, -0.05) is 11.6 Å². The van der Waals surface area contributed by atoms with Crippen molar-refractivity contribution in [1.82, 2.24) is 10.6 Å². The Morgan fingerprint density at radius 3 is 2.96 bits per heavy atom. The van der Waals surface area contributed by atoms with Gasteiger partial charge in [-0.15, -0.1) is 0 Å². The summed E-state index contributed by atoms with van der Waals surface area (Å²) in [6.07, 6.45) is 0.528. The van der Waals surface area contributed by atoms with Gasteiger partial charge in [0.25, 0.3) is 0 Å². The number of hydrogen-bond donors (Lipinski definition) is 4. The number of rotatable bonds is 5. The molecular weight excluding hydrogens is 360 g/mol. The van der Waals surface area contributed by atoms with Gasteiger partial charge in [-0.3, -0.25) is 4.79 Å². The molecular formula is C17H19ClN4O4. The molecule has 1 saturated heterocycles. The summed E-state index contributed by atoms with van der Waals surface area (Å²) in [6.45, 7) is 1.49. The summed E-state index contributed by atoms with van der Waals surface area (Å²) in [5.74, 6) is 0.326. The third kappa shape index (κ3) is 4.47. The molecule has 0 aliphatic carbocycles. The zero-order chi connectivity index (χ0) is 18.5. The monoisotopic (exact) mass is 378 g/mol. The lowest BCUT2D eigenvalue weighted by molar-refractivity contribution is -0.120. The topological polar surface area (TPSA) is 107 Å². The average molecular weight is 379 g/mol. The van der Waals surface area contributed by atoms with E-state index in [1.54, 1.807) is 30.3 Å². The second kappa shape index (κ2) is 8.11. The minimum absolute atomic E-state index is 0.00799. The van der Waals surface area contributed by atoms with E-state index < -0.39 is 12.1 Å². The van der Waals surface area contributed by atoms with Crippen LogP contribution < -0.4 is 20.9 Å². The lowest BCUT2D eigenvalue weighted by Gasteiger charge is -2.29. The highest BCUT2D eigenvalue weighted by Crippen LogP contribution is 2.29. The average Bonchev–Trinajstić information content (AvgIpc) is 3.14. The molecule has 8 nitrogen and oxygen atoms in total. The third-order valence-electron chi connectivity index (χ3n) is 3.91. The highest BCUT2D eigenvalue weighted by molar-refractivity contribution is 6.33. The molecule has 1 aliphatic heterocycles. The van der Waals surface area contributed by atoms with Crippen molar-refractivity contribution >= 4 is 34.9 Å². The second-order valence-corrected chi connectivity index (χ2v) is 6.21. The number of furan rings is 1. The van der Waals surface area contributed by atoms with Gasteiger partial charge in [0.2, 0.25) is 5.91 Å². The molecule has 1 fully saturated rings. The number of nitrogens with zero attached hydrogens (tertiary/aromatic N) is 1. The molecule has 2 aromatic rings. The summed E-state index contributed by atoms with van der Waals surface area (Å²) < 4.78 is 5.07. The van der Waals surface area contributed by atoms with Crippen LogP contribution in [0.5, 0.6) is 0 Å². The van der Waals surface area contributed by atoms with E-state index in [-0.39, 0.29) is 19.0 Å². The molecule has 2 heterocycles. The van der Waals surface area contributed by atoms with Gasteiger partial charge in [0.15, 0.2) is 0 Å². The van der Waals surface area contributed by atoms with Crippen LogP contribution in [-0.4, -0.2) is 43.2 Å². The Kier molecular flexibility index (Phi) is 5.65. The molecule has 4 N–H and O–H groups in total. The first-order chi connectivity index (χ1) is 12.5. The summed E-state index contributed by atoms with van der Waals surface area (Å²) in [7, 11) is 0. The standard InChI is InChI=1S/C17H19ClN4O4/c18-12-8-11(3-4-13(12)22-6-5-19-16(24)10-22)21-17(25)20-9-14(23)15-2-1-7-26-15/h1-4,7-8,14,23H,5-6,9-10H2,(H,19,24)(H2,20,21,25). The first-order valence-corrected chi connectivity index (χ1v) is 8.48. The molecule has 138 valence electrons. The van der Waals surface area contributed by atoms with Crippen LogP contribution in [-0.2, 0) is 4.79 Å². The Hall–Kier alpha value is -2.71. The fraction of sp³-hybridized carbons (Fsp3) is 0.294. The van der Waals surface area contributed by atoms with E-state index in [2.05, 4.69) is 16.0 Å². The first-order valence-electron chi connectivity index (χ1n) is 8.10. The van der Waals surface area contributed by atoms with E-state index in [9.17, 15) is 14.7 Å². The molecule has 1 aromatic heterocycles. The maximum atomic E-state index is 12.0. The number of piperazine rings is 1. The van der Waals surface area contributed by atoms with Crippen LogP contribution in [0, 0.1) is 0 Å². The zero-order valence-corrected chi connectivity index (χ0v) is 14.6. The molecule has 3 amide bonds. The Morgan fingerprint density at radius 1 is 1.42 bits per heavy atom. The van der Waals surface area contributed by atoms with Gasteiger partial charge in [0.05, 0.1) is 30.1 Å². The fourth-order valence-electron chi connectivity index (χ4n) is 2.63. The van der Waals surface area contributed by atoms with E-state index in [4.69, 9.17) is 16.0 Å². The van der Waals surface area contributed by atoms with Crippen molar-refractivity contribution < 1.29 is 19.1 Å². The molecule has 1 atom stereocenters. The molecule has 1 unspecified atom stereocenters. The first kappa shape index (κ1) is 18.1. The predicted octanol–water partition coefficient (Wildman–Crippen LogP) is 1.72. The Balaban J connectivity index is 1.55. The molecule has 0 saturated carbocycles. The van der Waals surface area contributed by atoms with Gasteiger partial charge in [0.1, 0.15) is 11.9 Å². The number of halogens is 1. The van der Waals surface area contributed by atoms with Crippen LogP contribution in [0.1, 0.15) is 11.9 Å². The Labute approximate surface area is 155 Å². The maximum absolute atomic E-state index is 12.0. The van der Waals surface area contributed by atoms with Gasteiger partial charge in [-0.2, -0.15) is 0 Å². The smallest absolute Gasteiger partial charge is 0.319 e. The van der Waals surface area contributed by atoms with Crippen molar-refractivity contribution in [2.45, 2.75) is 6.10 Å². The van der Waals surface area contributed by atoms with Gasteiger partial charge >= 0.3 is 6.03 Å². The molecule has 1 aromatic carbocycles. The second-order valence-electron chi connectivity index (χ2n) is 5.80. The minimum atomic E-state index is -0.924. The number of hydrogen-bond acceptors (Lipinski definition) is 5. The predicted molar refractivity (Wildman–Crippen MR) is 97.4 cm³/mol. The fourth-order valence-corrected chi connectivity index (χ4v) is 2.93. The normalized spacial score (nSPS) is 15.3. The van der Waals surface area contributed by atoms with Gasteiger partial charge in [-0.25, -0.2) is 4.79 Å². The summed E-state index contributed by atoms with van der Waals surface area (Å²) in [5, 5.41) is 18.3. The number of urea groups is 1. The largest absolute Gasteiger partial charge is 0.467 e. The summed E-state index contributed by atoms with van der Waals surface area (Å²) >= 11 is 6.29. The maximum Gasteiger partial charge on any atom is 0.319 e. The molecule has 26 heavy (non-hydrogen) atoms. The number of amides is 3. The number of benzene rings is 1. The SMILES string of the molecule is O=C1CN(c2ccc(NC(=O)NCC(O)c3ccco3)cc2Cl)CCN1. The number of nitrogens with one attached hydrogen (secondary N) is 3. The van der Waals surface area contributed by atoms with Crippen molar-refractivity contribution in [3.8, 4) is 0 Å². The van der Waals surface area contributed by atoms with E-state index >= 15 is 0 Å². The van der Waals surface area contributed by atoms with Crippen LogP contribution in [0.4, 0.5) is 16.2 Å². The van der Waals surface area contributed by atoms with Crippen LogP contribution in [0.25, 0.3) is 0 Å². The van der Waals surface area contributed by atoms with Crippen LogP contribution in [0.15, 0.2) is 41.0 Å². The minimum Gasteiger partial charge on any atom is -0.467 e. The van der Waals surface area contributed by atoms with Crippen LogP contribution >= 0.6 is 11.6 Å². The summed E-state index contributed by atoms with van der Waals surface area (Å²) in [6, 6.07) is 7.89. The summed E-state index contributed by atoms with van der Waals surface area (Å²) in [5.41, 5.74) is 1.24. The molecule has 0 bridgehead atoms. The van der Waals surface area contributed by atoms with Gasteiger partial charge in [-0.05, 0) is 30.3 Å². The highest BCUT2D eigenvalue weighted by atomic mass is 35.5. The van der Waals surface area contributed by atoms with Crippen molar-refractivity contribution in [2.24, 2.45) is 0 Å². The Morgan fingerprint density at radius 2 is 2.27 bits per heavy atom. The van der Waals surface area contributed by atoms with Crippen molar-refractivity contribution in [1.29, 1.82) is 0 Å². The molecule has 0 radical (unpaired) electrons. The summed E-state index contributed by atoms with van der Waals surface area (Å²) in [4.78, 5) is 25.3. The van der Waals surface area contributed by atoms with Crippen molar-refractivity contribution in [2.75, 3.05) is 36.4 Å². The zero-order valence-electron chi connectivity index (χ0n) is 13.9. The quantitative estimate of drug-likeness (QED) is 0.634. The number of carbonyl (C=O) groups excluding carboxylic acids is 2. The molecule has 3 rings (SSSR count). The molecule has 1 aliphatic rings. The number of carbonyl (C=O) groups is 2. The molecule has 0 spiro atoms. The van der Waals surface area contributed by atoms with Crippen molar-refractivity contribution in [3.63, 3.8) is 0 Å². The van der Waals surface area contributed by atoms with Gasteiger partial charge in [0, 0.05) is 18.8 Å². The van der Waals surface area contributed by atoms with E-state index in [0.717, 1.165) is 5.69 Å². The lowest BCUT2D eigenvalue weighted by atomic mass is 10.2.